The van der Waals surface area contributed by atoms with Gasteiger partial charge in [0.1, 0.15) is 11.8 Å². The summed E-state index contributed by atoms with van der Waals surface area (Å²) in [6.07, 6.45) is 1.30. The summed E-state index contributed by atoms with van der Waals surface area (Å²) in [5.74, 6) is -0.0303. The predicted molar refractivity (Wildman–Crippen MR) is 66.9 cm³/mol. The topological polar surface area (TPSA) is 71.3 Å². The lowest BCUT2D eigenvalue weighted by atomic mass is 10.2. The van der Waals surface area contributed by atoms with Gasteiger partial charge in [0.25, 0.3) is 0 Å². The van der Waals surface area contributed by atoms with Crippen LogP contribution in [0.1, 0.15) is 6.92 Å². The molecule has 0 atom stereocenters. The van der Waals surface area contributed by atoms with E-state index in [1.54, 1.807) is 18.2 Å². The van der Waals surface area contributed by atoms with Gasteiger partial charge in [0.15, 0.2) is 5.57 Å². The van der Waals surface area contributed by atoms with Gasteiger partial charge >= 0.3 is 5.97 Å². The van der Waals surface area contributed by atoms with E-state index in [4.69, 9.17) is 10.00 Å². The van der Waals surface area contributed by atoms with E-state index in [1.807, 2.05) is 19.1 Å². The number of ether oxygens (including phenoxy) is 2. The van der Waals surface area contributed by atoms with Crippen molar-refractivity contribution in [2.24, 2.45) is 0 Å². The minimum Gasteiger partial charge on any atom is -0.492 e. The molecule has 5 nitrogen and oxygen atoms in total. The molecule has 0 spiro atoms. The van der Waals surface area contributed by atoms with E-state index in [0.29, 0.717) is 18.0 Å². The fraction of sp³-hybridized carbons (Fsp3) is 0.231. The Morgan fingerprint density at radius 3 is 2.83 bits per heavy atom. The predicted octanol–water partition coefficient (Wildman–Crippen LogP) is 2.08. The zero-order valence-electron chi connectivity index (χ0n) is 10.3. The van der Waals surface area contributed by atoms with Crippen molar-refractivity contribution in [2.75, 3.05) is 19.0 Å². The Bertz CT molecular complexity index is 489. The zero-order chi connectivity index (χ0) is 13.4. The second kappa shape index (κ2) is 6.97. The first kappa shape index (κ1) is 13.6. The van der Waals surface area contributed by atoms with E-state index in [0.717, 1.165) is 0 Å². The molecule has 0 unspecified atom stereocenters. The molecule has 0 saturated heterocycles. The molecule has 1 aromatic rings. The van der Waals surface area contributed by atoms with Crippen LogP contribution in [0, 0.1) is 11.3 Å². The summed E-state index contributed by atoms with van der Waals surface area (Å²) in [6.45, 7) is 2.41. The van der Waals surface area contributed by atoms with E-state index in [9.17, 15) is 4.79 Å². The summed E-state index contributed by atoms with van der Waals surface area (Å²) in [7, 11) is 1.22. The maximum absolute atomic E-state index is 11.2. The van der Waals surface area contributed by atoms with Gasteiger partial charge in [-0.05, 0) is 19.1 Å². The molecule has 18 heavy (non-hydrogen) atoms. The highest BCUT2D eigenvalue weighted by Gasteiger charge is 2.08. The largest absolute Gasteiger partial charge is 0.492 e. The van der Waals surface area contributed by atoms with Crippen LogP contribution in [0.15, 0.2) is 36.0 Å². The Morgan fingerprint density at radius 1 is 1.50 bits per heavy atom. The highest BCUT2D eigenvalue weighted by molar-refractivity contribution is 5.93. The van der Waals surface area contributed by atoms with Crippen molar-refractivity contribution in [3.05, 3.63) is 36.0 Å². The van der Waals surface area contributed by atoms with Gasteiger partial charge in [-0.25, -0.2) is 4.79 Å². The van der Waals surface area contributed by atoms with Crippen LogP contribution >= 0.6 is 0 Å². The standard InChI is InChI=1S/C13H14N2O3/c1-3-18-12-7-5-4-6-11(12)15-9-10(8-14)13(16)17-2/h4-7,9,15H,3H2,1-2H3/b10-9-. The van der Waals surface area contributed by atoms with Crippen molar-refractivity contribution in [2.45, 2.75) is 6.92 Å². The van der Waals surface area contributed by atoms with Crippen molar-refractivity contribution in [3.63, 3.8) is 0 Å². The molecule has 0 saturated carbocycles. The van der Waals surface area contributed by atoms with Crippen LogP contribution in [0.25, 0.3) is 0 Å². The number of hydrogen-bond donors (Lipinski definition) is 1. The SMILES string of the molecule is CCOc1ccccc1N/C=C(/C#N)C(=O)OC. The van der Waals surface area contributed by atoms with E-state index >= 15 is 0 Å². The molecular weight excluding hydrogens is 232 g/mol. The number of anilines is 1. The molecular formula is C13H14N2O3. The van der Waals surface area contributed by atoms with Crippen LogP contribution in [0.2, 0.25) is 0 Å². The van der Waals surface area contributed by atoms with Gasteiger partial charge < -0.3 is 14.8 Å². The van der Waals surface area contributed by atoms with Gasteiger partial charge in [-0.3, -0.25) is 0 Å². The number of benzene rings is 1. The van der Waals surface area contributed by atoms with Gasteiger partial charge in [0, 0.05) is 6.20 Å². The number of carbonyl (C=O) groups is 1. The average molecular weight is 246 g/mol. The third-order valence-electron chi connectivity index (χ3n) is 2.08. The molecule has 0 fully saturated rings. The number of rotatable bonds is 5. The van der Waals surface area contributed by atoms with Crippen LogP contribution in [-0.2, 0) is 9.53 Å². The maximum atomic E-state index is 11.2. The fourth-order valence-electron chi connectivity index (χ4n) is 1.26. The molecule has 0 bridgehead atoms. The van der Waals surface area contributed by atoms with Crippen LogP contribution < -0.4 is 10.1 Å². The van der Waals surface area contributed by atoms with Crippen LogP contribution in [0.5, 0.6) is 5.75 Å². The minimum atomic E-state index is -0.682. The smallest absolute Gasteiger partial charge is 0.350 e. The van der Waals surface area contributed by atoms with Crippen molar-refractivity contribution >= 4 is 11.7 Å². The zero-order valence-corrected chi connectivity index (χ0v) is 10.3. The number of esters is 1. The average Bonchev–Trinajstić information content (AvgIpc) is 2.41. The van der Waals surface area contributed by atoms with E-state index in [-0.39, 0.29) is 5.57 Å². The lowest BCUT2D eigenvalue weighted by molar-refractivity contribution is -0.135. The Hall–Kier alpha value is -2.48. The van der Waals surface area contributed by atoms with Gasteiger partial charge in [-0.15, -0.1) is 0 Å². The number of nitrogens with one attached hydrogen (secondary N) is 1. The van der Waals surface area contributed by atoms with Crippen molar-refractivity contribution in [3.8, 4) is 11.8 Å². The summed E-state index contributed by atoms with van der Waals surface area (Å²) >= 11 is 0. The van der Waals surface area contributed by atoms with Gasteiger partial charge in [-0.2, -0.15) is 5.26 Å². The minimum absolute atomic E-state index is 0.108. The third kappa shape index (κ3) is 3.52. The number of nitriles is 1. The molecule has 0 aliphatic rings. The number of para-hydroxylation sites is 2. The molecule has 0 radical (unpaired) electrons. The second-order valence-electron chi connectivity index (χ2n) is 3.23. The molecule has 1 N–H and O–H groups in total. The quantitative estimate of drug-likeness (QED) is 0.489. The van der Waals surface area contributed by atoms with E-state index < -0.39 is 5.97 Å². The number of nitrogens with zero attached hydrogens (tertiary/aromatic N) is 1. The Morgan fingerprint density at radius 2 is 2.22 bits per heavy atom. The van der Waals surface area contributed by atoms with Crippen molar-refractivity contribution in [1.82, 2.24) is 0 Å². The molecule has 0 aliphatic heterocycles. The van der Waals surface area contributed by atoms with Crippen LogP contribution in [-0.4, -0.2) is 19.7 Å². The molecule has 94 valence electrons. The first-order valence-corrected chi connectivity index (χ1v) is 5.39. The van der Waals surface area contributed by atoms with Gasteiger partial charge in [0.2, 0.25) is 0 Å². The Balaban J connectivity index is 2.88. The summed E-state index contributed by atoms with van der Waals surface area (Å²) < 4.78 is 9.87. The van der Waals surface area contributed by atoms with Gasteiger partial charge in [0.05, 0.1) is 19.4 Å². The Labute approximate surface area is 106 Å². The molecule has 0 aliphatic carbocycles. The third-order valence-corrected chi connectivity index (χ3v) is 2.08. The maximum Gasteiger partial charge on any atom is 0.350 e. The summed E-state index contributed by atoms with van der Waals surface area (Å²) in [5.41, 5.74) is 0.569. The van der Waals surface area contributed by atoms with Crippen LogP contribution in [0.4, 0.5) is 5.69 Å². The second-order valence-corrected chi connectivity index (χ2v) is 3.23. The molecule has 1 rings (SSSR count). The van der Waals surface area contributed by atoms with Crippen LogP contribution in [0.3, 0.4) is 0 Å². The first-order valence-electron chi connectivity index (χ1n) is 5.39. The summed E-state index contributed by atoms with van der Waals surface area (Å²) in [5, 5.41) is 11.6. The summed E-state index contributed by atoms with van der Waals surface area (Å²) in [4.78, 5) is 11.2. The number of carbonyl (C=O) groups excluding carboxylic acids is 1. The van der Waals surface area contributed by atoms with Crippen molar-refractivity contribution < 1.29 is 14.3 Å². The molecule has 0 aromatic heterocycles. The number of methoxy groups -OCH3 is 1. The van der Waals surface area contributed by atoms with E-state index in [2.05, 4.69) is 10.1 Å². The Kier molecular flexibility index (Phi) is 5.26. The van der Waals surface area contributed by atoms with Gasteiger partial charge in [-0.1, -0.05) is 12.1 Å². The monoisotopic (exact) mass is 246 g/mol. The van der Waals surface area contributed by atoms with E-state index in [1.165, 1.54) is 13.3 Å². The lowest BCUT2D eigenvalue weighted by Crippen LogP contribution is -2.05. The molecule has 0 heterocycles. The molecule has 0 amide bonds. The molecule has 5 heteroatoms. The first-order chi connectivity index (χ1) is 8.72. The number of hydrogen-bond acceptors (Lipinski definition) is 5. The fourth-order valence-corrected chi connectivity index (χ4v) is 1.26. The highest BCUT2D eigenvalue weighted by atomic mass is 16.5. The molecule has 1 aromatic carbocycles. The highest BCUT2D eigenvalue weighted by Crippen LogP contribution is 2.23. The normalized spacial score (nSPS) is 10.4. The summed E-state index contributed by atoms with van der Waals surface area (Å²) in [6, 6.07) is 9.00. The lowest BCUT2D eigenvalue weighted by Gasteiger charge is -2.09. The van der Waals surface area contributed by atoms with Crippen molar-refractivity contribution in [1.29, 1.82) is 5.26 Å².